The van der Waals surface area contributed by atoms with Crippen LogP contribution in [-0.4, -0.2) is 25.0 Å². The van der Waals surface area contributed by atoms with Gasteiger partial charge in [-0.2, -0.15) is 5.26 Å². The molecule has 0 radical (unpaired) electrons. The van der Waals surface area contributed by atoms with Gasteiger partial charge in [-0.1, -0.05) is 33.4 Å². The lowest BCUT2D eigenvalue weighted by molar-refractivity contribution is 0.402. The van der Waals surface area contributed by atoms with E-state index in [1.54, 1.807) is 12.1 Å². The summed E-state index contributed by atoms with van der Waals surface area (Å²) in [6.45, 7) is 12.5. The van der Waals surface area contributed by atoms with Gasteiger partial charge in [0, 0.05) is 11.4 Å². The van der Waals surface area contributed by atoms with Crippen LogP contribution in [0.1, 0.15) is 36.9 Å². The van der Waals surface area contributed by atoms with Crippen LogP contribution in [0.15, 0.2) is 18.7 Å². The second kappa shape index (κ2) is 9.87. The van der Waals surface area contributed by atoms with Crippen molar-refractivity contribution in [1.29, 1.82) is 5.26 Å². The molecule has 100 valence electrons. The topological polar surface area (TPSA) is 27.0 Å². The normalized spacial score (nSPS) is 17.8. The first-order valence-corrected chi connectivity index (χ1v) is 7.28. The van der Waals surface area contributed by atoms with Gasteiger partial charge in [0.05, 0.1) is 0 Å². The minimum absolute atomic E-state index is 0.741. The lowest BCUT2D eigenvalue weighted by Crippen LogP contribution is -2.12. The molecule has 1 unspecified atom stereocenters. The van der Waals surface area contributed by atoms with E-state index in [9.17, 15) is 0 Å². The highest BCUT2D eigenvalue weighted by Crippen LogP contribution is 2.15. The van der Waals surface area contributed by atoms with Crippen LogP contribution < -0.4 is 0 Å². The maximum atomic E-state index is 8.37. The Bertz CT molecular complexity index is 368. The second-order valence-electron chi connectivity index (χ2n) is 4.17. The molecule has 1 atom stereocenters. The summed E-state index contributed by atoms with van der Waals surface area (Å²) in [7, 11) is 2.18. The third-order valence-corrected chi connectivity index (χ3v) is 3.55. The Morgan fingerprint density at radius 2 is 2.17 bits per heavy atom. The molecule has 0 aromatic carbocycles. The third kappa shape index (κ3) is 6.58. The number of nitrogens with zero attached hydrogens (tertiary/aromatic N) is 2. The van der Waals surface area contributed by atoms with Crippen LogP contribution in [0.3, 0.4) is 0 Å². The summed E-state index contributed by atoms with van der Waals surface area (Å²) in [5.74, 6) is 0.949. The largest absolute Gasteiger partial charge is 0.306 e. The Morgan fingerprint density at radius 3 is 2.39 bits per heavy atom. The van der Waals surface area contributed by atoms with Crippen molar-refractivity contribution < 1.29 is 0 Å². The standard InChI is InChI=1S/C7H5NS.C6H13N.C2H6/c1-2-6-3-4-7(5-8)9-6;1-6-3-4-7(2)5-6;1-2/h2-4H,1H2;6H,3-5H2,1-2H3;1-2H3. The van der Waals surface area contributed by atoms with Crippen LogP contribution >= 0.6 is 11.3 Å². The predicted octanol–water partition coefficient (Wildman–Crippen LogP) is 4.25. The predicted molar refractivity (Wildman–Crippen MR) is 81.8 cm³/mol. The van der Waals surface area contributed by atoms with E-state index in [2.05, 4.69) is 31.5 Å². The molecular formula is C15H24N2S. The quantitative estimate of drug-likeness (QED) is 0.758. The Hall–Kier alpha value is -1.11. The van der Waals surface area contributed by atoms with Crippen LogP contribution in [0.5, 0.6) is 0 Å². The zero-order valence-corrected chi connectivity index (χ0v) is 12.8. The van der Waals surface area contributed by atoms with Gasteiger partial charge in [0.1, 0.15) is 10.9 Å². The van der Waals surface area contributed by atoms with Crippen molar-refractivity contribution >= 4 is 17.4 Å². The average Bonchev–Trinajstić information content (AvgIpc) is 3.01. The van der Waals surface area contributed by atoms with Gasteiger partial charge < -0.3 is 4.90 Å². The van der Waals surface area contributed by atoms with Crippen LogP contribution in [0.4, 0.5) is 0 Å². The number of hydrogen-bond acceptors (Lipinski definition) is 3. The molecule has 0 N–H and O–H groups in total. The Kier molecular flexibility index (Phi) is 9.26. The molecular weight excluding hydrogens is 240 g/mol. The molecule has 1 aliphatic rings. The molecule has 1 saturated heterocycles. The fraction of sp³-hybridized carbons (Fsp3) is 0.533. The summed E-state index contributed by atoms with van der Waals surface area (Å²) in [6.07, 6.45) is 3.14. The first kappa shape index (κ1) is 16.9. The summed E-state index contributed by atoms with van der Waals surface area (Å²) in [6, 6.07) is 5.73. The summed E-state index contributed by atoms with van der Waals surface area (Å²) in [5, 5.41) is 8.37. The van der Waals surface area contributed by atoms with Crippen molar-refractivity contribution in [2.45, 2.75) is 27.2 Å². The molecule has 1 aromatic heterocycles. The molecule has 2 nitrogen and oxygen atoms in total. The fourth-order valence-electron chi connectivity index (χ4n) is 1.68. The molecule has 1 aliphatic heterocycles. The van der Waals surface area contributed by atoms with E-state index in [4.69, 9.17) is 5.26 Å². The van der Waals surface area contributed by atoms with Crippen molar-refractivity contribution in [3.8, 4) is 6.07 Å². The molecule has 0 amide bonds. The van der Waals surface area contributed by atoms with Crippen molar-refractivity contribution in [2.75, 3.05) is 20.1 Å². The molecule has 0 bridgehead atoms. The monoisotopic (exact) mass is 264 g/mol. The highest BCUT2D eigenvalue weighted by molar-refractivity contribution is 7.13. The summed E-state index contributed by atoms with van der Waals surface area (Å²) < 4.78 is 0. The van der Waals surface area contributed by atoms with Crippen LogP contribution in [0, 0.1) is 17.2 Å². The van der Waals surface area contributed by atoms with Gasteiger partial charge in [0.2, 0.25) is 0 Å². The smallest absolute Gasteiger partial charge is 0.110 e. The van der Waals surface area contributed by atoms with Crippen molar-refractivity contribution in [3.05, 3.63) is 28.5 Å². The fourth-order valence-corrected chi connectivity index (χ4v) is 2.33. The number of likely N-dealkylation sites (tertiary alicyclic amines) is 1. The van der Waals surface area contributed by atoms with Crippen molar-refractivity contribution in [3.63, 3.8) is 0 Å². The van der Waals surface area contributed by atoms with E-state index >= 15 is 0 Å². The molecule has 1 aromatic rings. The maximum Gasteiger partial charge on any atom is 0.110 e. The summed E-state index contributed by atoms with van der Waals surface area (Å²) in [4.78, 5) is 4.17. The van der Waals surface area contributed by atoms with E-state index in [0.717, 1.165) is 15.7 Å². The maximum absolute atomic E-state index is 8.37. The Balaban J connectivity index is 0.000000289. The van der Waals surface area contributed by atoms with Gasteiger partial charge in [-0.15, -0.1) is 11.3 Å². The van der Waals surface area contributed by atoms with Gasteiger partial charge >= 0.3 is 0 Å². The minimum atomic E-state index is 0.741. The van der Waals surface area contributed by atoms with Crippen LogP contribution in [0.25, 0.3) is 6.08 Å². The summed E-state index contributed by atoms with van der Waals surface area (Å²) in [5.41, 5.74) is 0. The lowest BCUT2D eigenvalue weighted by Gasteiger charge is -2.03. The summed E-state index contributed by atoms with van der Waals surface area (Å²) >= 11 is 1.45. The molecule has 3 heteroatoms. The average molecular weight is 264 g/mol. The number of thiophene rings is 1. The molecule has 0 spiro atoms. The molecule has 0 aliphatic carbocycles. The number of rotatable bonds is 1. The Labute approximate surface area is 116 Å². The van der Waals surface area contributed by atoms with E-state index in [0.29, 0.717) is 0 Å². The van der Waals surface area contributed by atoms with E-state index in [1.807, 2.05) is 19.9 Å². The van der Waals surface area contributed by atoms with Gasteiger partial charge in [-0.05, 0) is 38.1 Å². The van der Waals surface area contributed by atoms with Gasteiger partial charge in [-0.3, -0.25) is 0 Å². The minimum Gasteiger partial charge on any atom is -0.306 e. The van der Waals surface area contributed by atoms with Gasteiger partial charge in [-0.25, -0.2) is 0 Å². The van der Waals surface area contributed by atoms with E-state index < -0.39 is 0 Å². The molecule has 2 heterocycles. The Morgan fingerprint density at radius 1 is 1.50 bits per heavy atom. The van der Waals surface area contributed by atoms with Crippen molar-refractivity contribution in [1.82, 2.24) is 4.90 Å². The SMILES string of the molecule is C=Cc1ccc(C#N)s1.CC.CC1CCN(C)C1. The van der Waals surface area contributed by atoms with Crippen LogP contribution in [0.2, 0.25) is 0 Å². The lowest BCUT2D eigenvalue weighted by atomic mass is 10.2. The number of hydrogen-bond donors (Lipinski definition) is 0. The number of nitriles is 1. The van der Waals surface area contributed by atoms with Gasteiger partial charge in [0.25, 0.3) is 0 Å². The first-order chi connectivity index (χ1) is 8.65. The highest BCUT2D eigenvalue weighted by atomic mass is 32.1. The molecule has 18 heavy (non-hydrogen) atoms. The molecule has 0 saturated carbocycles. The van der Waals surface area contributed by atoms with E-state index in [1.165, 1.54) is 30.8 Å². The molecule has 1 fully saturated rings. The third-order valence-electron chi connectivity index (χ3n) is 2.57. The van der Waals surface area contributed by atoms with E-state index in [-0.39, 0.29) is 0 Å². The zero-order chi connectivity index (χ0) is 14.0. The first-order valence-electron chi connectivity index (χ1n) is 6.46. The second-order valence-corrected chi connectivity index (χ2v) is 5.29. The van der Waals surface area contributed by atoms with Crippen LogP contribution in [-0.2, 0) is 0 Å². The zero-order valence-electron chi connectivity index (χ0n) is 11.9. The highest BCUT2D eigenvalue weighted by Gasteiger charge is 2.13. The van der Waals surface area contributed by atoms with Gasteiger partial charge in [0.15, 0.2) is 0 Å². The van der Waals surface area contributed by atoms with Crippen molar-refractivity contribution in [2.24, 2.45) is 5.92 Å². The molecule has 2 rings (SSSR count).